The maximum absolute atomic E-state index is 9.93. The van der Waals surface area contributed by atoms with Gasteiger partial charge in [0.25, 0.3) is 0 Å². The molecule has 1 atom stereocenters. The van der Waals surface area contributed by atoms with Crippen LogP contribution in [0.3, 0.4) is 0 Å². The Labute approximate surface area is 163 Å². The van der Waals surface area contributed by atoms with Crippen molar-refractivity contribution in [2.75, 3.05) is 24.7 Å². The van der Waals surface area contributed by atoms with Crippen LogP contribution >= 0.6 is 0 Å². The molecule has 0 unspecified atom stereocenters. The fraction of sp³-hybridized carbons (Fsp3) is 0.500. The standard InChI is InChI=1S/C20H23N7O/c1-3-27-19-14(20(12-21)5-6-20)10-16(26-8-9-28-11-13(26)2)23-18(19)17(25-27)15-4-7-22-24-15/h4,7,10,13H,3,5-6,8-9,11H2,1-2H3,(H,22,24)/t13-/m1/s1. The van der Waals surface area contributed by atoms with Crippen LogP contribution in [0.2, 0.25) is 0 Å². The van der Waals surface area contributed by atoms with Crippen molar-refractivity contribution in [1.29, 1.82) is 5.26 Å². The summed E-state index contributed by atoms with van der Waals surface area (Å²) in [5.74, 6) is 0.899. The van der Waals surface area contributed by atoms with E-state index in [0.29, 0.717) is 19.8 Å². The summed E-state index contributed by atoms with van der Waals surface area (Å²) < 4.78 is 7.57. The zero-order valence-corrected chi connectivity index (χ0v) is 16.1. The topological polar surface area (TPSA) is 95.7 Å². The molecular weight excluding hydrogens is 354 g/mol. The van der Waals surface area contributed by atoms with Crippen molar-refractivity contribution < 1.29 is 4.74 Å². The highest BCUT2D eigenvalue weighted by atomic mass is 16.5. The second kappa shape index (κ2) is 6.31. The van der Waals surface area contributed by atoms with Gasteiger partial charge in [0.2, 0.25) is 0 Å². The van der Waals surface area contributed by atoms with Gasteiger partial charge in [0.1, 0.15) is 17.0 Å². The van der Waals surface area contributed by atoms with Crippen molar-refractivity contribution in [2.45, 2.75) is 44.7 Å². The summed E-state index contributed by atoms with van der Waals surface area (Å²) in [5.41, 5.74) is 4.05. The number of anilines is 1. The number of aromatic nitrogens is 5. The minimum absolute atomic E-state index is 0.237. The third kappa shape index (κ3) is 2.50. The van der Waals surface area contributed by atoms with Gasteiger partial charge in [-0.1, -0.05) is 0 Å². The number of nitrogens with zero attached hydrogens (tertiary/aromatic N) is 6. The molecule has 1 saturated carbocycles. The van der Waals surface area contributed by atoms with E-state index in [-0.39, 0.29) is 6.04 Å². The molecule has 1 aliphatic carbocycles. The van der Waals surface area contributed by atoms with E-state index in [1.54, 1.807) is 6.20 Å². The van der Waals surface area contributed by atoms with Crippen LogP contribution in [0.5, 0.6) is 0 Å². The summed E-state index contributed by atoms with van der Waals surface area (Å²) in [6.45, 7) is 7.09. The van der Waals surface area contributed by atoms with Gasteiger partial charge in [-0.3, -0.25) is 9.78 Å². The minimum atomic E-state index is -0.427. The van der Waals surface area contributed by atoms with Gasteiger partial charge in [0.15, 0.2) is 0 Å². The van der Waals surface area contributed by atoms with Crippen LogP contribution < -0.4 is 4.90 Å². The van der Waals surface area contributed by atoms with Crippen molar-refractivity contribution >= 4 is 16.9 Å². The quantitative estimate of drug-likeness (QED) is 0.751. The first kappa shape index (κ1) is 17.2. The van der Waals surface area contributed by atoms with Crippen molar-refractivity contribution in [3.05, 3.63) is 23.9 Å². The molecule has 2 aliphatic rings. The number of rotatable bonds is 4. The Kier molecular flexibility index (Phi) is 3.88. The van der Waals surface area contributed by atoms with Gasteiger partial charge in [-0.15, -0.1) is 0 Å². The monoisotopic (exact) mass is 377 g/mol. The van der Waals surface area contributed by atoms with Crippen LogP contribution in [0.4, 0.5) is 5.82 Å². The SMILES string of the molecule is CCn1nc(-c2ccn[nH]2)c2nc(N3CCOC[C@H]3C)cc(C3(C#N)CC3)c21. The third-order valence-corrected chi connectivity index (χ3v) is 5.88. The largest absolute Gasteiger partial charge is 0.377 e. The van der Waals surface area contributed by atoms with Crippen LogP contribution in [0.25, 0.3) is 22.4 Å². The van der Waals surface area contributed by atoms with Crippen molar-refractivity contribution in [2.24, 2.45) is 0 Å². The summed E-state index contributed by atoms with van der Waals surface area (Å²) in [6.07, 6.45) is 3.49. The molecular formula is C20H23N7O. The van der Waals surface area contributed by atoms with Crippen molar-refractivity contribution in [1.82, 2.24) is 25.0 Å². The fourth-order valence-electron chi connectivity index (χ4n) is 4.11. The number of aromatic amines is 1. The molecule has 1 saturated heterocycles. The molecule has 3 aromatic heterocycles. The highest BCUT2D eigenvalue weighted by molar-refractivity contribution is 5.93. The van der Waals surface area contributed by atoms with Crippen LogP contribution in [-0.4, -0.2) is 50.8 Å². The van der Waals surface area contributed by atoms with Gasteiger partial charge < -0.3 is 9.64 Å². The summed E-state index contributed by atoms with van der Waals surface area (Å²) in [5, 5.41) is 21.8. The average molecular weight is 377 g/mol. The fourth-order valence-corrected chi connectivity index (χ4v) is 4.11. The number of pyridine rings is 1. The third-order valence-electron chi connectivity index (χ3n) is 5.88. The Hall–Kier alpha value is -2.92. The van der Waals surface area contributed by atoms with E-state index < -0.39 is 5.41 Å². The molecule has 4 heterocycles. The summed E-state index contributed by atoms with van der Waals surface area (Å²) in [4.78, 5) is 7.32. The zero-order valence-electron chi connectivity index (χ0n) is 16.1. The van der Waals surface area contributed by atoms with Crippen molar-refractivity contribution in [3.8, 4) is 17.5 Å². The van der Waals surface area contributed by atoms with Crippen LogP contribution in [0, 0.1) is 11.3 Å². The first-order chi connectivity index (χ1) is 13.7. The predicted molar refractivity (Wildman–Crippen MR) is 105 cm³/mol. The molecule has 1 aliphatic heterocycles. The predicted octanol–water partition coefficient (Wildman–Crippen LogP) is 2.62. The average Bonchev–Trinajstić information content (AvgIpc) is 3.16. The lowest BCUT2D eigenvalue weighted by Crippen LogP contribution is -2.44. The van der Waals surface area contributed by atoms with E-state index in [9.17, 15) is 5.26 Å². The molecule has 3 aromatic rings. The Morgan fingerprint density at radius 2 is 2.29 bits per heavy atom. The summed E-state index contributed by atoms with van der Waals surface area (Å²) in [7, 11) is 0. The first-order valence-electron chi connectivity index (χ1n) is 9.84. The molecule has 0 amide bonds. The van der Waals surface area contributed by atoms with E-state index in [4.69, 9.17) is 14.8 Å². The highest BCUT2D eigenvalue weighted by Crippen LogP contribution is 2.51. The second-order valence-electron chi connectivity index (χ2n) is 7.67. The first-order valence-corrected chi connectivity index (χ1v) is 9.84. The Morgan fingerprint density at radius 3 is 2.93 bits per heavy atom. The molecule has 0 radical (unpaired) electrons. The minimum Gasteiger partial charge on any atom is -0.377 e. The maximum Gasteiger partial charge on any atom is 0.136 e. The van der Waals surface area contributed by atoms with Crippen LogP contribution in [0.1, 0.15) is 32.3 Å². The lowest BCUT2D eigenvalue weighted by molar-refractivity contribution is 0.0985. The van der Waals surface area contributed by atoms with Gasteiger partial charge >= 0.3 is 0 Å². The Morgan fingerprint density at radius 1 is 1.43 bits per heavy atom. The molecule has 8 heteroatoms. The molecule has 0 aromatic carbocycles. The highest BCUT2D eigenvalue weighted by Gasteiger charge is 2.47. The van der Waals surface area contributed by atoms with Gasteiger partial charge in [0.05, 0.1) is 42.0 Å². The van der Waals surface area contributed by atoms with E-state index in [2.05, 4.69) is 41.1 Å². The van der Waals surface area contributed by atoms with Gasteiger partial charge in [-0.25, -0.2) is 4.98 Å². The molecule has 0 bridgehead atoms. The number of H-pyrrole nitrogens is 1. The molecule has 1 N–H and O–H groups in total. The number of aryl methyl sites for hydroxylation is 1. The lowest BCUT2D eigenvalue weighted by Gasteiger charge is -2.34. The molecule has 0 spiro atoms. The number of fused-ring (bicyclic) bond motifs is 1. The van der Waals surface area contributed by atoms with Crippen LogP contribution in [-0.2, 0) is 16.7 Å². The molecule has 28 heavy (non-hydrogen) atoms. The number of nitrogens with one attached hydrogen (secondary N) is 1. The lowest BCUT2D eigenvalue weighted by atomic mass is 9.96. The number of ether oxygens (including phenoxy) is 1. The smallest absolute Gasteiger partial charge is 0.136 e. The second-order valence-corrected chi connectivity index (χ2v) is 7.67. The number of hydrogen-bond donors (Lipinski definition) is 1. The van der Waals surface area contributed by atoms with Crippen molar-refractivity contribution in [3.63, 3.8) is 0 Å². The summed E-state index contributed by atoms with van der Waals surface area (Å²) >= 11 is 0. The normalized spacial score (nSPS) is 21.0. The number of morpholine rings is 1. The van der Waals surface area contributed by atoms with Gasteiger partial charge in [-0.2, -0.15) is 15.5 Å². The van der Waals surface area contributed by atoms with E-state index in [0.717, 1.165) is 53.2 Å². The molecule has 5 rings (SSSR count). The molecule has 2 fully saturated rings. The molecule has 8 nitrogen and oxygen atoms in total. The summed E-state index contributed by atoms with van der Waals surface area (Å²) in [6, 6.07) is 6.83. The zero-order chi connectivity index (χ0) is 19.3. The van der Waals surface area contributed by atoms with E-state index in [1.165, 1.54) is 0 Å². The molecule has 144 valence electrons. The maximum atomic E-state index is 9.93. The Balaban J connectivity index is 1.79. The number of nitriles is 1. The van der Waals surface area contributed by atoms with Gasteiger partial charge in [0, 0.05) is 24.8 Å². The van der Waals surface area contributed by atoms with Crippen LogP contribution in [0.15, 0.2) is 18.3 Å². The van der Waals surface area contributed by atoms with Gasteiger partial charge in [-0.05, 0) is 38.8 Å². The van der Waals surface area contributed by atoms with E-state index in [1.807, 2.05) is 10.7 Å². The Bertz CT molecular complexity index is 1060. The van der Waals surface area contributed by atoms with E-state index >= 15 is 0 Å². The number of hydrogen-bond acceptors (Lipinski definition) is 6.